The van der Waals surface area contributed by atoms with Gasteiger partial charge in [0.05, 0.1) is 0 Å². The zero-order chi connectivity index (χ0) is 21.4. The number of rotatable bonds is 10. The highest BCUT2D eigenvalue weighted by atomic mass is 35.5. The van der Waals surface area contributed by atoms with Gasteiger partial charge in [0.15, 0.2) is 5.78 Å². The Morgan fingerprint density at radius 1 is 0.871 bits per heavy atom. The monoisotopic (exact) mass is 438 g/mol. The number of nitrogens with one attached hydrogen (secondary N) is 1. The highest BCUT2D eigenvalue weighted by molar-refractivity contribution is 5.97. The first kappa shape index (κ1) is 24.4. The van der Waals surface area contributed by atoms with Crippen molar-refractivity contribution >= 4 is 23.9 Å². The lowest BCUT2D eigenvalue weighted by Gasteiger charge is -2.41. The number of carbonyl (C=O) groups is 1. The van der Waals surface area contributed by atoms with Crippen molar-refractivity contribution in [1.29, 1.82) is 0 Å². The predicted octanol–water partition coefficient (Wildman–Crippen LogP) is 6.04. The van der Waals surface area contributed by atoms with Crippen LogP contribution in [0.1, 0.15) is 36.7 Å². The van der Waals surface area contributed by atoms with E-state index in [0.717, 1.165) is 24.3 Å². The van der Waals surface area contributed by atoms with Crippen LogP contribution in [0, 0.1) is 0 Å². The van der Waals surface area contributed by atoms with Crippen molar-refractivity contribution < 1.29 is 9.53 Å². The topological polar surface area (TPSA) is 41.6 Å². The third kappa shape index (κ3) is 6.58. The first-order valence-corrected chi connectivity index (χ1v) is 10.5. The summed E-state index contributed by atoms with van der Waals surface area (Å²) < 4.78 is 6.41. The van der Waals surface area contributed by atoms with E-state index in [1.165, 1.54) is 0 Å². The van der Waals surface area contributed by atoms with Crippen LogP contribution in [0.15, 0.2) is 84.9 Å². The third-order valence-electron chi connectivity index (χ3n) is 5.22. The first-order chi connectivity index (χ1) is 14.5. The van der Waals surface area contributed by atoms with Crippen LogP contribution in [-0.4, -0.2) is 29.6 Å². The molecule has 31 heavy (non-hydrogen) atoms. The van der Waals surface area contributed by atoms with Gasteiger partial charge in [0.1, 0.15) is 5.75 Å². The molecular weight excluding hydrogens is 408 g/mol. The Hall–Kier alpha value is -2.82. The number of Topliss-reactive ketones (excluding diaryl/α,β-unsaturated/α-hetero) is 1. The molecule has 0 aliphatic rings. The number of para-hydroxylation sites is 1. The zero-order valence-corrected chi connectivity index (χ0v) is 19.2. The number of ether oxygens (including phenoxy) is 1. The fourth-order valence-electron chi connectivity index (χ4n) is 3.61. The second-order valence-corrected chi connectivity index (χ2v) is 7.36. The van der Waals surface area contributed by atoms with Crippen LogP contribution < -0.4 is 10.1 Å². The highest BCUT2D eigenvalue weighted by Crippen LogP contribution is 2.25. The predicted molar refractivity (Wildman–Crippen MR) is 130 cm³/mol. The van der Waals surface area contributed by atoms with E-state index in [1.807, 2.05) is 91.9 Å². The lowest BCUT2D eigenvalue weighted by molar-refractivity contribution is -0.0413. The van der Waals surface area contributed by atoms with Gasteiger partial charge < -0.3 is 10.1 Å². The number of anilines is 1. The van der Waals surface area contributed by atoms with Crippen molar-refractivity contribution in [2.75, 3.05) is 18.4 Å². The molecule has 0 saturated heterocycles. The number of nitrogens with zero attached hydrogens (tertiary/aromatic N) is 1. The number of hydrogen-bond donors (Lipinski definition) is 1. The molecular formula is C26H31ClN2O2. The molecule has 3 aromatic carbocycles. The van der Waals surface area contributed by atoms with Gasteiger partial charge in [-0.2, -0.15) is 0 Å². The van der Waals surface area contributed by atoms with E-state index in [1.54, 1.807) is 0 Å². The molecule has 164 valence electrons. The molecule has 3 aromatic rings. The zero-order valence-electron chi connectivity index (χ0n) is 18.4. The van der Waals surface area contributed by atoms with Crippen LogP contribution in [-0.2, 0) is 6.42 Å². The van der Waals surface area contributed by atoms with Crippen molar-refractivity contribution in [2.24, 2.45) is 0 Å². The molecule has 1 atom stereocenters. The third-order valence-corrected chi connectivity index (χ3v) is 5.22. The van der Waals surface area contributed by atoms with Gasteiger partial charge in [-0.1, -0.05) is 62.4 Å². The summed E-state index contributed by atoms with van der Waals surface area (Å²) in [6.45, 7) is 7.93. The molecule has 3 rings (SSSR count). The van der Waals surface area contributed by atoms with Gasteiger partial charge in [-0.25, -0.2) is 4.90 Å². The van der Waals surface area contributed by atoms with Crippen LogP contribution in [0.4, 0.5) is 5.69 Å². The summed E-state index contributed by atoms with van der Waals surface area (Å²) >= 11 is 0. The quantitative estimate of drug-likeness (QED) is 0.309. The largest absolute Gasteiger partial charge is 0.455 e. The SMILES string of the molecule is CCN(CC)C(C)(Nc1ccccc1)Oc1ccc(C(=O)Cc2ccccc2)cc1.Cl. The summed E-state index contributed by atoms with van der Waals surface area (Å²) in [5, 5.41) is 3.51. The lowest BCUT2D eigenvalue weighted by Crippen LogP contribution is -2.56. The van der Waals surface area contributed by atoms with Crippen molar-refractivity contribution in [3.8, 4) is 5.75 Å². The fraction of sp³-hybridized carbons (Fsp3) is 0.269. The van der Waals surface area contributed by atoms with Gasteiger partial charge >= 0.3 is 0 Å². The van der Waals surface area contributed by atoms with Crippen molar-refractivity contribution in [3.63, 3.8) is 0 Å². The molecule has 4 nitrogen and oxygen atoms in total. The maximum absolute atomic E-state index is 12.6. The molecule has 1 N–H and O–H groups in total. The van der Waals surface area contributed by atoms with Gasteiger partial charge in [-0.3, -0.25) is 4.79 Å². The van der Waals surface area contributed by atoms with E-state index in [-0.39, 0.29) is 18.2 Å². The summed E-state index contributed by atoms with van der Waals surface area (Å²) in [7, 11) is 0. The molecule has 0 spiro atoms. The van der Waals surface area contributed by atoms with E-state index in [4.69, 9.17) is 4.74 Å². The van der Waals surface area contributed by atoms with E-state index in [9.17, 15) is 4.79 Å². The Morgan fingerprint density at radius 2 is 1.42 bits per heavy atom. The Kier molecular flexibility index (Phi) is 9.10. The molecule has 0 saturated carbocycles. The summed E-state index contributed by atoms with van der Waals surface area (Å²) in [6, 6.07) is 27.3. The van der Waals surface area contributed by atoms with E-state index in [2.05, 4.69) is 24.1 Å². The summed E-state index contributed by atoms with van der Waals surface area (Å²) in [5.74, 6) is 0.0891. The smallest absolute Gasteiger partial charge is 0.237 e. The minimum absolute atomic E-state index is 0. The fourth-order valence-corrected chi connectivity index (χ4v) is 3.61. The second kappa shape index (κ2) is 11.5. The average Bonchev–Trinajstić information content (AvgIpc) is 2.76. The van der Waals surface area contributed by atoms with E-state index in [0.29, 0.717) is 17.7 Å². The molecule has 1 unspecified atom stereocenters. The van der Waals surface area contributed by atoms with E-state index < -0.39 is 5.85 Å². The van der Waals surface area contributed by atoms with Crippen LogP contribution in [0.5, 0.6) is 5.75 Å². The Bertz CT molecular complexity index is 929. The summed E-state index contributed by atoms with van der Waals surface area (Å²) in [6.07, 6.45) is 0.397. The van der Waals surface area contributed by atoms with Gasteiger partial charge in [-0.15, -0.1) is 12.4 Å². The van der Waals surface area contributed by atoms with Gasteiger partial charge in [0, 0.05) is 37.7 Å². The summed E-state index contributed by atoms with van der Waals surface area (Å²) in [5.41, 5.74) is 2.69. The van der Waals surface area contributed by atoms with Crippen molar-refractivity contribution in [3.05, 3.63) is 96.1 Å². The number of halogens is 1. The minimum atomic E-state index is -0.722. The number of hydrogen-bond acceptors (Lipinski definition) is 4. The maximum Gasteiger partial charge on any atom is 0.237 e. The number of benzene rings is 3. The minimum Gasteiger partial charge on any atom is -0.455 e. The Labute approximate surface area is 191 Å². The van der Waals surface area contributed by atoms with Crippen LogP contribution in [0.25, 0.3) is 0 Å². The Morgan fingerprint density at radius 3 is 1.97 bits per heavy atom. The molecule has 0 aromatic heterocycles. The standard InChI is InChI=1S/C26H30N2O2.ClH/c1-4-28(5-2)26(3,27-23-14-10-7-11-15-23)30-24-18-16-22(17-19-24)25(29)20-21-12-8-6-9-13-21;/h6-19,27H,4-5,20H2,1-3H3;1H. The molecule has 0 radical (unpaired) electrons. The molecule has 0 aliphatic carbocycles. The van der Waals surface area contributed by atoms with Crippen LogP contribution >= 0.6 is 12.4 Å². The Balaban J connectivity index is 0.00000341. The summed E-state index contributed by atoms with van der Waals surface area (Å²) in [4.78, 5) is 14.8. The first-order valence-electron chi connectivity index (χ1n) is 10.5. The average molecular weight is 439 g/mol. The molecule has 0 aliphatic heterocycles. The lowest BCUT2D eigenvalue weighted by atomic mass is 10.0. The number of carbonyl (C=O) groups excluding carboxylic acids is 1. The molecule has 5 heteroatoms. The molecule has 0 fully saturated rings. The maximum atomic E-state index is 12.6. The van der Waals surface area contributed by atoms with Crippen LogP contribution in [0.2, 0.25) is 0 Å². The number of ketones is 1. The molecule has 0 amide bonds. The van der Waals surface area contributed by atoms with Crippen molar-refractivity contribution in [2.45, 2.75) is 33.0 Å². The van der Waals surface area contributed by atoms with E-state index >= 15 is 0 Å². The van der Waals surface area contributed by atoms with Crippen LogP contribution in [0.3, 0.4) is 0 Å². The normalized spacial score (nSPS) is 12.5. The second-order valence-electron chi connectivity index (χ2n) is 7.36. The van der Waals surface area contributed by atoms with Gasteiger partial charge in [0.2, 0.25) is 5.85 Å². The van der Waals surface area contributed by atoms with Gasteiger partial charge in [-0.05, 0) is 42.0 Å². The molecule has 0 heterocycles. The van der Waals surface area contributed by atoms with Gasteiger partial charge in [0.25, 0.3) is 0 Å². The molecule has 0 bridgehead atoms. The highest BCUT2D eigenvalue weighted by Gasteiger charge is 2.32. The van der Waals surface area contributed by atoms with Crippen molar-refractivity contribution in [1.82, 2.24) is 4.90 Å².